The molecular formula is C12H13F3N2O3S. The van der Waals surface area contributed by atoms with Gasteiger partial charge >= 0.3 is 6.18 Å². The van der Waals surface area contributed by atoms with Gasteiger partial charge in [-0.25, -0.2) is 13.1 Å². The van der Waals surface area contributed by atoms with Crippen LogP contribution >= 0.6 is 0 Å². The number of rotatable bonds is 3. The lowest BCUT2D eigenvalue weighted by Gasteiger charge is -2.14. The van der Waals surface area contributed by atoms with Crippen LogP contribution in [0.2, 0.25) is 0 Å². The number of amides is 1. The van der Waals surface area contributed by atoms with E-state index in [4.69, 9.17) is 0 Å². The topological polar surface area (TPSA) is 76.1 Å². The lowest BCUT2D eigenvalue weighted by molar-refractivity contribution is -0.138. The van der Waals surface area contributed by atoms with Crippen LogP contribution in [0.5, 0.6) is 0 Å². The number of alkyl halides is 3. The van der Waals surface area contributed by atoms with Crippen LogP contribution in [-0.4, -0.2) is 24.6 Å². The first-order valence-corrected chi connectivity index (χ1v) is 7.84. The highest BCUT2D eigenvalue weighted by Crippen LogP contribution is 2.31. The van der Waals surface area contributed by atoms with Crippen molar-refractivity contribution in [3.8, 4) is 0 Å². The molecule has 0 atom stereocenters. The Hall–Kier alpha value is -1.64. The molecule has 9 heteroatoms. The summed E-state index contributed by atoms with van der Waals surface area (Å²) in [6.45, 7) is 0. The van der Waals surface area contributed by atoms with E-state index in [1.807, 2.05) is 0 Å². The zero-order valence-corrected chi connectivity index (χ0v) is 11.7. The van der Waals surface area contributed by atoms with Gasteiger partial charge in [0.25, 0.3) is 5.91 Å². The summed E-state index contributed by atoms with van der Waals surface area (Å²) in [6.07, 6.45) is -1.54. The highest BCUT2D eigenvalue weighted by Gasteiger charge is 2.37. The number of nitrogens with zero attached hydrogens (tertiary/aromatic N) is 1. The van der Waals surface area contributed by atoms with Gasteiger partial charge < -0.3 is 0 Å². The molecular weight excluding hydrogens is 309 g/mol. The molecule has 1 heterocycles. The summed E-state index contributed by atoms with van der Waals surface area (Å²) in [5, 5.41) is -0.737. The Bertz CT molecular complexity index is 637. The van der Waals surface area contributed by atoms with Crippen molar-refractivity contribution in [3.63, 3.8) is 0 Å². The van der Waals surface area contributed by atoms with Crippen molar-refractivity contribution in [3.05, 3.63) is 29.6 Å². The Morgan fingerprint density at radius 3 is 2.48 bits per heavy atom. The van der Waals surface area contributed by atoms with Gasteiger partial charge in [0, 0.05) is 6.20 Å². The highest BCUT2D eigenvalue weighted by molar-refractivity contribution is 7.90. The summed E-state index contributed by atoms with van der Waals surface area (Å²) in [5.74, 6) is -1.35. The fraction of sp³-hybridized carbons (Fsp3) is 0.500. The van der Waals surface area contributed by atoms with E-state index >= 15 is 0 Å². The molecule has 1 aromatic heterocycles. The minimum atomic E-state index is -4.78. The Labute approximate surface area is 119 Å². The molecule has 0 aliphatic heterocycles. The normalized spacial score (nSPS) is 16.9. The molecule has 0 spiro atoms. The summed E-state index contributed by atoms with van der Waals surface area (Å²) >= 11 is 0. The van der Waals surface area contributed by atoms with Gasteiger partial charge in [-0.2, -0.15) is 13.2 Å². The van der Waals surface area contributed by atoms with Crippen LogP contribution in [0.15, 0.2) is 18.3 Å². The Balaban J connectivity index is 2.25. The third-order valence-electron chi connectivity index (χ3n) is 3.30. The molecule has 0 bridgehead atoms. The van der Waals surface area contributed by atoms with Gasteiger partial charge in [-0.1, -0.05) is 12.8 Å². The van der Waals surface area contributed by atoms with E-state index in [9.17, 15) is 26.4 Å². The molecule has 21 heavy (non-hydrogen) atoms. The minimum absolute atomic E-state index is 0.400. The largest absolute Gasteiger partial charge is 0.418 e. The van der Waals surface area contributed by atoms with Crippen LogP contribution < -0.4 is 4.72 Å². The maximum Gasteiger partial charge on any atom is 0.418 e. The Morgan fingerprint density at radius 2 is 1.90 bits per heavy atom. The highest BCUT2D eigenvalue weighted by atomic mass is 32.2. The molecule has 2 rings (SSSR count). The van der Waals surface area contributed by atoms with Crippen LogP contribution in [0.4, 0.5) is 13.2 Å². The third-order valence-corrected chi connectivity index (χ3v) is 5.12. The monoisotopic (exact) mass is 322 g/mol. The number of pyridine rings is 1. The van der Waals surface area contributed by atoms with Gasteiger partial charge in [0.1, 0.15) is 5.69 Å². The van der Waals surface area contributed by atoms with E-state index in [1.54, 1.807) is 4.72 Å². The SMILES string of the molecule is O=C(NS(=O)(=O)C1CCCC1)c1ncccc1C(F)(F)F. The number of nitrogens with one attached hydrogen (secondary N) is 1. The molecule has 5 nitrogen and oxygen atoms in total. The molecule has 1 amide bonds. The van der Waals surface area contributed by atoms with Gasteiger partial charge in [0.05, 0.1) is 10.8 Å². The number of hydrogen-bond donors (Lipinski definition) is 1. The maximum atomic E-state index is 12.8. The van der Waals surface area contributed by atoms with Crippen LogP contribution in [-0.2, 0) is 16.2 Å². The van der Waals surface area contributed by atoms with Crippen molar-refractivity contribution in [2.24, 2.45) is 0 Å². The van der Waals surface area contributed by atoms with E-state index in [-0.39, 0.29) is 0 Å². The molecule has 1 aromatic rings. The predicted molar refractivity (Wildman–Crippen MR) is 67.9 cm³/mol. The fourth-order valence-corrected chi connectivity index (χ4v) is 3.75. The smallest absolute Gasteiger partial charge is 0.266 e. The van der Waals surface area contributed by atoms with E-state index in [0.717, 1.165) is 25.1 Å². The quantitative estimate of drug-likeness (QED) is 0.924. The lowest BCUT2D eigenvalue weighted by atomic mass is 10.2. The summed E-state index contributed by atoms with van der Waals surface area (Å²) < 4.78 is 63.9. The average molecular weight is 322 g/mol. The van der Waals surface area contributed by atoms with E-state index < -0.39 is 38.6 Å². The molecule has 0 unspecified atom stereocenters. The second-order valence-corrected chi connectivity index (χ2v) is 6.74. The maximum absolute atomic E-state index is 12.8. The molecule has 1 saturated carbocycles. The fourth-order valence-electron chi connectivity index (χ4n) is 2.27. The van der Waals surface area contributed by atoms with Gasteiger partial charge in [-0.05, 0) is 25.0 Å². The summed E-state index contributed by atoms with van der Waals surface area (Å²) in [5.41, 5.74) is -2.20. The second kappa shape index (κ2) is 5.63. The number of aromatic nitrogens is 1. The summed E-state index contributed by atoms with van der Waals surface area (Å²) in [4.78, 5) is 15.2. The first-order valence-electron chi connectivity index (χ1n) is 6.30. The van der Waals surface area contributed by atoms with Crippen molar-refractivity contribution in [2.45, 2.75) is 37.1 Å². The Morgan fingerprint density at radius 1 is 1.29 bits per heavy atom. The molecule has 0 saturated heterocycles. The summed E-state index contributed by atoms with van der Waals surface area (Å²) in [6, 6.07) is 1.72. The van der Waals surface area contributed by atoms with Crippen molar-refractivity contribution in [1.82, 2.24) is 9.71 Å². The Kier molecular flexibility index (Phi) is 4.22. The van der Waals surface area contributed by atoms with Crippen LogP contribution in [0.3, 0.4) is 0 Å². The molecule has 1 aliphatic rings. The molecule has 0 aromatic carbocycles. The zero-order valence-electron chi connectivity index (χ0n) is 10.9. The average Bonchev–Trinajstić information content (AvgIpc) is 2.92. The lowest BCUT2D eigenvalue weighted by Crippen LogP contribution is -2.38. The van der Waals surface area contributed by atoms with Crippen LogP contribution in [0, 0.1) is 0 Å². The number of halogens is 3. The molecule has 1 aliphatic carbocycles. The number of sulfonamides is 1. The molecule has 116 valence electrons. The first-order chi connectivity index (χ1) is 9.72. The van der Waals surface area contributed by atoms with Crippen LogP contribution in [0.1, 0.15) is 41.7 Å². The molecule has 0 radical (unpaired) electrons. The van der Waals surface area contributed by atoms with Crippen molar-refractivity contribution in [1.29, 1.82) is 0 Å². The van der Waals surface area contributed by atoms with Crippen molar-refractivity contribution < 1.29 is 26.4 Å². The van der Waals surface area contributed by atoms with E-state index in [0.29, 0.717) is 18.9 Å². The number of carbonyl (C=O) groups excluding carboxylic acids is 1. The van der Waals surface area contributed by atoms with Gasteiger partial charge in [-0.3, -0.25) is 9.78 Å². The zero-order chi connectivity index (χ0) is 15.7. The number of carbonyl (C=O) groups is 1. The van der Waals surface area contributed by atoms with Crippen molar-refractivity contribution in [2.75, 3.05) is 0 Å². The van der Waals surface area contributed by atoms with Crippen LogP contribution in [0.25, 0.3) is 0 Å². The number of hydrogen-bond acceptors (Lipinski definition) is 4. The molecule has 1 fully saturated rings. The predicted octanol–water partition coefficient (Wildman–Crippen LogP) is 2.10. The first kappa shape index (κ1) is 15.7. The van der Waals surface area contributed by atoms with E-state index in [2.05, 4.69) is 4.98 Å². The standard InChI is InChI=1S/C12H13F3N2O3S/c13-12(14,15)9-6-3-7-16-10(9)11(18)17-21(19,20)8-4-1-2-5-8/h3,6-8H,1-2,4-5H2,(H,17,18). The van der Waals surface area contributed by atoms with Crippen molar-refractivity contribution >= 4 is 15.9 Å². The summed E-state index contributed by atoms with van der Waals surface area (Å²) in [7, 11) is -3.98. The molecule has 1 N–H and O–H groups in total. The van der Waals surface area contributed by atoms with Gasteiger partial charge in [0.15, 0.2) is 0 Å². The third kappa shape index (κ3) is 3.52. The minimum Gasteiger partial charge on any atom is -0.266 e. The van der Waals surface area contributed by atoms with Gasteiger partial charge in [0.2, 0.25) is 10.0 Å². The van der Waals surface area contributed by atoms with Gasteiger partial charge in [-0.15, -0.1) is 0 Å². The van der Waals surface area contributed by atoms with E-state index in [1.165, 1.54) is 0 Å². The second-order valence-electron chi connectivity index (χ2n) is 4.78.